The van der Waals surface area contributed by atoms with E-state index in [9.17, 15) is 15.2 Å². The number of nitrogens with zero attached hydrogens (tertiary/aromatic N) is 1. The van der Waals surface area contributed by atoms with Crippen molar-refractivity contribution in [1.29, 1.82) is 0 Å². The molecule has 0 aromatic heterocycles. The number of benzene rings is 2. The van der Waals surface area contributed by atoms with Crippen molar-refractivity contribution in [3.8, 4) is 23.0 Å². The fraction of sp³-hybridized carbons (Fsp3) is 0.176. The summed E-state index contributed by atoms with van der Waals surface area (Å²) in [6.07, 6.45) is 3.56. The molecule has 0 aliphatic heterocycles. The van der Waals surface area contributed by atoms with Gasteiger partial charge in [-0.3, -0.25) is 10.1 Å². The maximum Gasteiger partial charge on any atom is 0.269 e. The summed E-state index contributed by atoms with van der Waals surface area (Å²) >= 11 is 0. The zero-order chi connectivity index (χ0) is 17.5. The number of methoxy groups -OCH3 is 2. The second-order valence-electron chi connectivity index (χ2n) is 4.74. The largest absolute Gasteiger partial charge is 0.502 e. The number of aromatic hydroxyl groups is 1. The van der Waals surface area contributed by atoms with Crippen LogP contribution in [-0.2, 0) is 0 Å². The van der Waals surface area contributed by atoms with Crippen molar-refractivity contribution in [3.05, 3.63) is 58.2 Å². The van der Waals surface area contributed by atoms with Crippen molar-refractivity contribution in [1.82, 2.24) is 0 Å². The van der Waals surface area contributed by atoms with Gasteiger partial charge in [0.2, 0.25) is 5.75 Å². The summed E-state index contributed by atoms with van der Waals surface area (Å²) in [5.41, 5.74) is 0.787. The van der Waals surface area contributed by atoms with E-state index in [1.807, 2.05) is 0 Å². The van der Waals surface area contributed by atoms with E-state index in [-0.39, 0.29) is 18.0 Å². The average molecular weight is 331 g/mol. The Balaban J connectivity index is 2.00. The van der Waals surface area contributed by atoms with E-state index >= 15 is 0 Å². The second-order valence-corrected chi connectivity index (χ2v) is 4.74. The Morgan fingerprint density at radius 3 is 2.21 bits per heavy atom. The number of phenolic OH excluding ortho intramolecular Hbond substituents is 1. The molecule has 2 aromatic carbocycles. The third-order valence-corrected chi connectivity index (χ3v) is 3.21. The van der Waals surface area contributed by atoms with Gasteiger partial charge in [0.05, 0.1) is 19.1 Å². The summed E-state index contributed by atoms with van der Waals surface area (Å²) < 4.78 is 15.6. The lowest BCUT2D eigenvalue weighted by molar-refractivity contribution is -0.384. The monoisotopic (exact) mass is 331 g/mol. The number of hydrogen-bond acceptors (Lipinski definition) is 6. The van der Waals surface area contributed by atoms with Gasteiger partial charge in [0.25, 0.3) is 5.69 Å². The lowest BCUT2D eigenvalue weighted by atomic mass is 10.1. The van der Waals surface area contributed by atoms with Crippen LogP contribution in [0.15, 0.2) is 42.5 Å². The first-order valence-corrected chi connectivity index (χ1v) is 7.04. The Bertz CT molecular complexity index is 714. The molecule has 0 bridgehead atoms. The molecule has 0 radical (unpaired) electrons. The molecular formula is C17H17NO6. The SMILES string of the molecule is COc1cc(/C=C/COc2ccc([N+](=O)[O-])cc2)cc(OC)c1O. The first-order valence-electron chi connectivity index (χ1n) is 7.04. The van der Waals surface area contributed by atoms with E-state index < -0.39 is 4.92 Å². The summed E-state index contributed by atoms with van der Waals surface area (Å²) in [7, 11) is 2.92. The maximum atomic E-state index is 10.6. The summed E-state index contributed by atoms with van der Waals surface area (Å²) in [5.74, 6) is 1.10. The fourth-order valence-corrected chi connectivity index (χ4v) is 2.00. The summed E-state index contributed by atoms with van der Waals surface area (Å²) in [6.45, 7) is 0.281. The van der Waals surface area contributed by atoms with Crippen molar-refractivity contribution in [2.24, 2.45) is 0 Å². The molecule has 2 aromatic rings. The predicted octanol–water partition coefficient (Wildman–Crippen LogP) is 3.41. The highest BCUT2D eigenvalue weighted by Crippen LogP contribution is 2.37. The van der Waals surface area contributed by atoms with Gasteiger partial charge in [0.1, 0.15) is 12.4 Å². The van der Waals surface area contributed by atoms with Crippen LogP contribution >= 0.6 is 0 Å². The fourth-order valence-electron chi connectivity index (χ4n) is 2.00. The van der Waals surface area contributed by atoms with Crippen LogP contribution in [0.4, 0.5) is 5.69 Å². The maximum absolute atomic E-state index is 10.6. The molecule has 0 saturated carbocycles. The van der Waals surface area contributed by atoms with Gasteiger partial charge in [-0.05, 0) is 35.9 Å². The van der Waals surface area contributed by atoms with Crippen LogP contribution < -0.4 is 14.2 Å². The van der Waals surface area contributed by atoms with E-state index in [1.165, 1.54) is 26.4 Å². The highest BCUT2D eigenvalue weighted by Gasteiger charge is 2.09. The van der Waals surface area contributed by atoms with Gasteiger partial charge in [0.15, 0.2) is 11.5 Å². The van der Waals surface area contributed by atoms with Crippen molar-refractivity contribution in [3.63, 3.8) is 0 Å². The molecule has 0 saturated heterocycles. The van der Waals surface area contributed by atoms with Crippen molar-refractivity contribution in [2.75, 3.05) is 20.8 Å². The zero-order valence-corrected chi connectivity index (χ0v) is 13.3. The van der Waals surface area contributed by atoms with Gasteiger partial charge >= 0.3 is 0 Å². The summed E-state index contributed by atoms with van der Waals surface area (Å²) in [6, 6.07) is 9.18. The molecule has 24 heavy (non-hydrogen) atoms. The quantitative estimate of drug-likeness (QED) is 0.617. The Morgan fingerprint density at radius 1 is 1.12 bits per heavy atom. The van der Waals surface area contributed by atoms with Gasteiger partial charge in [-0.25, -0.2) is 0 Å². The van der Waals surface area contributed by atoms with E-state index in [0.29, 0.717) is 17.2 Å². The Hall–Kier alpha value is -3.22. The van der Waals surface area contributed by atoms with Crippen LogP contribution in [0.1, 0.15) is 5.56 Å². The van der Waals surface area contributed by atoms with E-state index in [1.54, 1.807) is 36.4 Å². The molecule has 0 aliphatic carbocycles. The standard InChI is InChI=1S/C17H17NO6/c1-22-15-10-12(11-16(23-2)17(15)19)4-3-9-24-14-7-5-13(6-8-14)18(20)21/h3-8,10-11,19H,9H2,1-2H3/b4-3+. The molecule has 0 spiro atoms. The molecule has 0 aliphatic rings. The van der Waals surface area contributed by atoms with Crippen molar-refractivity contribution >= 4 is 11.8 Å². The number of non-ortho nitro benzene ring substituents is 1. The molecule has 0 unspecified atom stereocenters. The van der Waals surface area contributed by atoms with Gasteiger partial charge in [-0.2, -0.15) is 0 Å². The van der Waals surface area contributed by atoms with Crippen LogP contribution in [0, 0.1) is 10.1 Å². The number of rotatable bonds is 7. The highest BCUT2D eigenvalue weighted by molar-refractivity contribution is 5.61. The minimum atomic E-state index is -0.463. The lowest BCUT2D eigenvalue weighted by Gasteiger charge is -2.09. The average Bonchev–Trinajstić information content (AvgIpc) is 2.60. The first kappa shape index (κ1) is 17.1. The summed E-state index contributed by atoms with van der Waals surface area (Å²) in [5, 5.41) is 20.4. The number of ether oxygens (including phenoxy) is 3. The summed E-state index contributed by atoms with van der Waals surface area (Å²) in [4.78, 5) is 10.1. The van der Waals surface area contributed by atoms with Gasteiger partial charge < -0.3 is 19.3 Å². The normalized spacial score (nSPS) is 10.6. The van der Waals surface area contributed by atoms with Crippen molar-refractivity contribution in [2.45, 2.75) is 0 Å². The van der Waals surface area contributed by atoms with Crippen LogP contribution in [-0.4, -0.2) is 30.9 Å². The van der Waals surface area contributed by atoms with Crippen LogP contribution in [0.5, 0.6) is 23.0 Å². The topological polar surface area (TPSA) is 91.1 Å². The molecule has 7 heteroatoms. The van der Waals surface area contributed by atoms with Gasteiger partial charge in [0, 0.05) is 12.1 Å². The molecule has 0 heterocycles. The number of nitro benzene ring substituents is 1. The molecule has 1 N–H and O–H groups in total. The molecule has 0 atom stereocenters. The van der Waals surface area contributed by atoms with E-state index in [2.05, 4.69) is 0 Å². The number of nitro groups is 1. The van der Waals surface area contributed by atoms with Crippen LogP contribution in [0.25, 0.3) is 6.08 Å². The van der Waals surface area contributed by atoms with E-state index in [4.69, 9.17) is 14.2 Å². The lowest BCUT2D eigenvalue weighted by Crippen LogP contribution is -1.94. The third kappa shape index (κ3) is 4.16. The van der Waals surface area contributed by atoms with Crippen LogP contribution in [0.2, 0.25) is 0 Å². The minimum absolute atomic E-state index is 0.0150. The Kier molecular flexibility index (Phi) is 5.62. The Morgan fingerprint density at radius 2 is 1.71 bits per heavy atom. The predicted molar refractivity (Wildman–Crippen MR) is 88.8 cm³/mol. The van der Waals surface area contributed by atoms with Crippen LogP contribution in [0.3, 0.4) is 0 Å². The minimum Gasteiger partial charge on any atom is -0.502 e. The van der Waals surface area contributed by atoms with Crippen molar-refractivity contribution < 1.29 is 24.2 Å². The van der Waals surface area contributed by atoms with Gasteiger partial charge in [-0.15, -0.1) is 0 Å². The second kappa shape index (κ2) is 7.87. The number of phenols is 1. The Labute approximate surface area is 138 Å². The van der Waals surface area contributed by atoms with E-state index in [0.717, 1.165) is 5.56 Å². The highest BCUT2D eigenvalue weighted by atomic mass is 16.6. The molecule has 0 amide bonds. The molecule has 2 rings (SSSR count). The molecular weight excluding hydrogens is 314 g/mol. The zero-order valence-electron chi connectivity index (χ0n) is 13.3. The third-order valence-electron chi connectivity index (χ3n) is 3.21. The molecule has 126 valence electrons. The molecule has 0 fully saturated rings. The van der Waals surface area contributed by atoms with Gasteiger partial charge in [-0.1, -0.05) is 6.08 Å². The molecule has 7 nitrogen and oxygen atoms in total. The number of hydrogen-bond donors (Lipinski definition) is 1. The smallest absolute Gasteiger partial charge is 0.269 e. The first-order chi connectivity index (χ1) is 11.5.